The molecular formula is C23H24N4O3. The summed E-state index contributed by atoms with van der Waals surface area (Å²) in [6, 6.07) is 14.5. The Labute approximate surface area is 175 Å². The molecule has 0 unspecified atom stereocenters. The Bertz CT molecular complexity index is 1100. The smallest absolute Gasteiger partial charge is 0.354 e. The van der Waals surface area contributed by atoms with Crippen LogP contribution in [0, 0.1) is 13.8 Å². The molecule has 0 saturated heterocycles. The zero-order valence-electron chi connectivity index (χ0n) is 17.4. The number of carboxylic acids is 1. The number of allylic oxidation sites excluding steroid dienone is 1. The van der Waals surface area contributed by atoms with Crippen LogP contribution in [-0.4, -0.2) is 28.2 Å². The number of carboxylic acid groups (broad SMARTS) is 1. The van der Waals surface area contributed by atoms with Crippen molar-refractivity contribution in [1.82, 2.24) is 9.97 Å². The highest BCUT2D eigenvalue weighted by atomic mass is 16.5. The number of benzene rings is 2. The van der Waals surface area contributed by atoms with Crippen molar-refractivity contribution in [1.29, 1.82) is 0 Å². The molecule has 7 nitrogen and oxygen atoms in total. The van der Waals surface area contributed by atoms with Crippen LogP contribution in [0.3, 0.4) is 0 Å². The quantitative estimate of drug-likeness (QED) is 0.562. The van der Waals surface area contributed by atoms with E-state index in [2.05, 4.69) is 15.3 Å². The molecule has 0 amide bonds. The van der Waals surface area contributed by atoms with Crippen LogP contribution in [0.5, 0.6) is 5.75 Å². The molecule has 1 heterocycles. The molecule has 0 spiro atoms. The van der Waals surface area contributed by atoms with Gasteiger partial charge < -0.3 is 20.9 Å². The summed E-state index contributed by atoms with van der Waals surface area (Å²) in [5.41, 5.74) is 10.9. The van der Waals surface area contributed by atoms with Gasteiger partial charge in [0.05, 0.1) is 7.11 Å². The molecule has 30 heavy (non-hydrogen) atoms. The molecule has 0 bridgehead atoms. The molecule has 154 valence electrons. The van der Waals surface area contributed by atoms with Crippen LogP contribution in [0.2, 0.25) is 0 Å². The maximum atomic E-state index is 11.7. The maximum Gasteiger partial charge on any atom is 0.354 e. The van der Waals surface area contributed by atoms with E-state index in [0.717, 1.165) is 22.4 Å². The van der Waals surface area contributed by atoms with Crippen molar-refractivity contribution >= 4 is 23.0 Å². The number of anilines is 2. The van der Waals surface area contributed by atoms with Gasteiger partial charge in [-0.1, -0.05) is 18.2 Å². The number of ether oxygens (including phenoxy) is 1. The van der Waals surface area contributed by atoms with Crippen molar-refractivity contribution in [2.75, 3.05) is 12.4 Å². The molecule has 1 aromatic heterocycles. The lowest BCUT2D eigenvalue weighted by molar-refractivity contribution is 0.0690. The SMILES string of the molecule is COc1ccc(Nc2cc(C(=O)O)nc(C(=C(C)N)c3c(C)cccc3C)n2)cc1. The van der Waals surface area contributed by atoms with Crippen molar-refractivity contribution in [2.24, 2.45) is 5.73 Å². The first-order valence-electron chi connectivity index (χ1n) is 9.37. The van der Waals surface area contributed by atoms with Gasteiger partial charge in [-0.05, 0) is 61.7 Å². The number of aromatic nitrogens is 2. The number of carbonyl (C=O) groups is 1. The van der Waals surface area contributed by atoms with Gasteiger partial charge in [-0.3, -0.25) is 0 Å². The zero-order valence-corrected chi connectivity index (χ0v) is 17.4. The summed E-state index contributed by atoms with van der Waals surface area (Å²) < 4.78 is 5.17. The standard InChI is InChI=1S/C23H24N4O3/c1-13-6-5-7-14(2)20(13)21(15(3)24)22-26-18(23(28)29)12-19(27-22)25-16-8-10-17(30-4)11-9-16/h5-12H,24H2,1-4H3,(H,28,29)(H,25,26,27). The van der Waals surface area contributed by atoms with Crippen molar-refractivity contribution in [3.8, 4) is 5.75 Å². The number of aryl methyl sites for hydroxylation is 2. The molecule has 3 rings (SSSR count). The highest BCUT2D eigenvalue weighted by molar-refractivity contribution is 5.88. The fraction of sp³-hybridized carbons (Fsp3) is 0.174. The van der Waals surface area contributed by atoms with Crippen molar-refractivity contribution in [2.45, 2.75) is 20.8 Å². The van der Waals surface area contributed by atoms with E-state index in [9.17, 15) is 9.90 Å². The zero-order chi connectivity index (χ0) is 21.8. The fourth-order valence-corrected chi connectivity index (χ4v) is 3.25. The number of nitrogens with one attached hydrogen (secondary N) is 1. The Balaban J connectivity index is 2.13. The third kappa shape index (κ3) is 4.41. The summed E-state index contributed by atoms with van der Waals surface area (Å²) in [6.45, 7) is 5.71. The fourth-order valence-electron chi connectivity index (χ4n) is 3.25. The van der Waals surface area contributed by atoms with E-state index in [0.29, 0.717) is 22.8 Å². The lowest BCUT2D eigenvalue weighted by Crippen LogP contribution is -2.11. The highest BCUT2D eigenvalue weighted by Crippen LogP contribution is 2.30. The predicted molar refractivity (Wildman–Crippen MR) is 117 cm³/mol. The molecular weight excluding hydrogens is 380 g/mol. The molecule has 7 heteroatoms. The summed E-state index contributed by atoms with van der Waals surface area (Å²) >= 11 is 0. The van der Waals surface area contributed by atoms with Gasteiger partial charge in [0.2, 0.25) is 0 Å². The van der Waals surface area contributed by atoms with E-state index in [1.807, 2.05) is 44.2 Å². The van der Waals surface area contributed by atoms with Crippen LogP contribution in [-0.2, 0) is 0 Å². The largest absolute Gasteiger partial charge is 0.497 e. The summed E-state index contributed by atoms with van der Waals surface area (Å²) in [5, 5.41) is 12.7. The minimum atomic E-state index is -1.15. The van der Waals surface area contributed by atoms with Gasteiger partial charge in [0, 0.05) is 23.0 Å². The van der Waals surface area contributed by atoms with Gasteiger partial charge in [-0.2, -0.15) is 0 Å². The third-order valence-electron chi connectivity index (χ3n) is 4.66. The lowest BCUT2D eigenvalue weighted by Gasteiger charge is -2.16. The molecule has 0 saturated carbocycles. The second-order valence-electron chi connectivity index (χ2n) is 6.95. The van der Waals surface area contributed by atoms with Crippen LogP contribution < -0.4 is 15.8 Å². The molecule has 3 aromatic rings. The predicted octanol–water partition coefficient (Wildman–Crippen LogP) is 4.28. The van der Waals surface area contributed by atoms with Gasteiger partial charge in [0.25, 0.3) is 0 Å². The van der Waals surface area contributed by atoms with Gasteiger partial charge in [-0.15, -0.1) is 0 Å². The van der Waals surface area contributed by atoms with E-state index in [4.69, 9.17) is 10.5 Å². The summed E-state index contributed by atoms with van der Waals surface area (Å²) in [5.74, 6) is 0.178. The monoisotopic (exact) mass is 404 g/mol. The first kappa shape index (κ1) is 20.9. The Hall–Kier alpha value is -3.87. The van der Waals surface area contributed by atoms with Crippen LogP contribution in [0.25, 0.3) is 5.57 Å². The maximum absolute atomic E-state index is 11.7. The number of rotatable bonds is 6. The molecule has 0 atom stereocenters. The van der Waals surface area contributed by atoms with Crippen molar-refractivity contribution in [3.63, 3.8) is 0 Å². The Morgan fingerprint density at radius 2 is 1.70 bits per heavy atom. The third-order valence-corrected chi connectivity index (χ3v) is 4.66. The van der Waals surface area contributed by atoms with Crippen molar-refractivity contribution in [3.05, 3.63) is 82.4 Å². The van der Waals surface area contributed by atoms with E-state index in [1.165, 1.54) is 6.07 Å². The number of hydrogen-bond acceptors (Lipinski definition) is 6. The summed E-state index contributed by atoms with van der Waals surface area (Å²) in [7, 11) is 1.59. The second kappa shape index (κ2) is 8.65. The molecule has 4 N–H and O–H groups in total. The van der Waals surface area contributed by atoms with Gasteiger partial charge >= 0.3 is 5.97 Å². The van der Waals surface area contributed by atoms with Crippen LogP contribution in [0.15, 0.2) is 54.2 Å². The highest BCUT2D eigenvalue weighted by Gasteiger charge is 2.19. The molecule has 0 aliphatic heterocycles. The Kier molecular flexibility index (Phi) is 6.01. The minimum absolute atomic E-state index is 0.124. The lowest BCUT2D eigenvalue weighted by atomic mass is 9.94. The first-order chi connectivity index (χ1) is 14.3. The number of aromatic carboxylic acids is 1. The molecule has 0 aliphatic rings. The number of nitrogens with two attached hydrogens (primary N) is 1. The summed E-state index contributed by atoms with van der Waals surface area (Å²) in [6.07, 6.45) is 0. The van der Waals surface area contributed by atoms with E-state index in [-0.39, 0.29) is 11.5 Å². The average molecular weight is 404 g/mol. The molecule has 0 radical (unpaired) electrons. The molecule has 0 aliphatic carbocycles. The minimum Gasteiger partial charge on any atom is -0.497 e. The number of nitrogens with zero attached hydrogens (tertiary/aromatic N) is 2. The Morgan fingerprint density at radius 3 is 2.23 bits per heavy atom. The average Bonchev–Trinajstić information content (AvgIpc) is 2.70. The molecule has 2 aromatic carbocycles. The van der Waals surface area contributed by atoms with E-state index >= 15 is 0 Å². The van der Waals surface area contributed by atoms with Crippen LogP contribution in [0.4, 0.5) is 11.5 Å². The Morgan fingerprint density at radius 1 is 1.07 bits per heavy atom. The number of methoxy groups -OCH3 is 1. The van der Waals surface area contributed by atoms with E-state index < -0.39 is 5.97 Å². The summed E-state index contributed by atoms with van der Waals surface area (Å²) in [4.78, 5) is 20.6. The van der Waals surface area contributed by atoms with Gasteiger partial charge in [0.1, 0.15) is 11.6 Å². The molecule has 0 fully saturated rings. The second-order valence-corrected chi connectivity index (χ2v) is 6.95. The van der Waals surface area contributed by atoms with Crippen LogP contribution in [0.1, 0.15) is 39.9 Å². The van der Waals surface area contributed by atoms with E-state index in [1.54, 1.807) is 26.2 Å². The van der Waals surface area contributed by atoms with Crippen LogP contribution >= 0.6 is 0 Å². The number of hydrogen-bond donors (Lipinski definition) is 3. The topological polar surface area (TPSA) is 110 Å². The van der Waals surface area contributed by atoms with Gasteiger partial charge in [0.15, 0.2) is 11.5 Å². The van der Waals surface area contributed by atoms with Crippen molar-refractivity contribution < 1.29 is 14.6 Å². The first-order valence-corrected chi connectivity index (χ1v) is 9.37. The van der Waals surface area contributed by atoms with Gasteiger partial charge in [-0.25, -0.2) is 14.8 Å². The normalized spacial score (nSPS) is 11.6.